The minimum atomic E-state index is -0.423. The van der Waals surface area contributed by atoms with Gasteiger partial charge < -0.3 is 5.32 Å². The first kappa shape index (κ1) is 18.4. The Morgan fingerprint density at radius 2 is 2.00 bits per heavy atom. The van der Waals surface area contributed by atoms with Gasteiger partial charge >= 0.3 is 6.21 Å². The van der Waals surface area contributed by atoms with E-state index in [9.17, 15) is 9.59 Å². The lowest BCUT2D eigenvalue weighted by Gasteiger charge is -2.19. The summed E-state index contributed by atoms with van der Waals surface area (Å²) < 4.78 is 5.42. The Bertz CT molecular complexity index is 1040. The number of nitrogens with zero attached hydrogens (tertiary/aromatic N) is 2. The van der Waals surface area contributed by atoms with Crippen molar-refractivity contribution >= 4 is 52.5 Å². The molecule has 0 unspecified atom stereocenters. The van der Waals surface area contributed by atoms with Gasteiger partial charge in [0, 0.05) is 23.5 Å². The summed E-state index contributed by atoms with van der Waals surface area (Å²) in [6, 6.07) is 9.29. The topological polar surface area (TPSA) is 65.2 Å². The van der Waals surface area contributed by atoms with Crippen molar-refractivity contribution in [2.75, 3.05) is 5.32 Å². The lowest BCUT2D eigenvalue weighted by molar-refractivity contribution is 0.102. The maximum Gasteiger partial charge on any atom is 0.300 e. The van der Waals surface area contributed by atoms with Crippen LogP contribution in [0.2, 0.25) is 0 Å². The first-order valence-electron chi connectivity index (χ1n) is 8.17. The monoisotopic (exact) mass is 460 g/mol. The van der Waals surface area contributed by atoms with Gasteiger partial charge in [0.25, 0.3) is 17.7 Å². The molecule has 0 saturated heterocycles. The highest BCUT2D eigenvalue weighted by atomic mass is 127. The normalized spacial score (nSPS) is 13.0. The number of hydrogen-bond donors (Lipinski definition) is 1. The molecule has 0 spiro atoms. The van der Waals surface area contributed by atoms with E-state index in [1.807, 2.05) is 53.2 Å². The number of benzene rings is 1. The van der Waals surface area contributed by atoms with Crippen LogP contribution in [-0.2, 0) is 5.41 Å². The predicted molar refractivity (Wildman–Crippen MR) is 115 cm³/mol. The van der Waals surface area contributed by atoms with Crippen molar-refractivity contribution in [2.24, 2.45) is 0 Å². The molecule has 132 valence electrons. The molecule has 1 aliphatic heterocycles. The minimum absolute atomic E-state index is 0.0274. The molecule has 0 radical (unpaired) electrons. The van der Waals surface area contributed by atoms with E-state index < -0.39 is 5.91 Å². The molecule has 0 atom stereocenters. The number of aromatic nitrogens is 1. The lowest BCUT2D eigenvalue weighted by atomic mass is 9.87. The molecule has 2 heterocycles. The first-order chi connectivity index (χ1) is 12.3. The fraction of sp³-hybridized carbons (Fsp3) is 0.200. The van der Waals surface area contributed by atoms with E-state index in [4.69, 9.17) is 0 Å². The van der Waals surface area contributed by atoms with Crippen LogP contribution in [0, 0.1) is 0 Å². The van der Waals surface area contributed by atoms with Crippen LogP contribution < -0.4 is 15.5 Å². The van der Waals surface area contributed by atoms with Gasteiger partial charge in [0.2, 0.25) is 0 Å². The number of halogens is 1. The van der Waals surface area contributed by atoms with Crippen LogP contribution in [0.1, 0.15) is 42.3 Å². The zero-order valence-corrected chi connectivity index (χ0v) is 16.9. The molecule has 1 aromatic heterocycles. The molecule has 1 aliphatic rings. The summed E-state index contributed by atoms with van der Waals surface area (Å²) in [5.74, 6) is -0.423. The molecular weight excluding hydrogens is 441 g/mol. The number of hydrogen-bond acceptors (Lipinski definition) is 2. The molecule has 2 aromatic rings. The molecule has 5 nitrogen and oxygen atoms in total. The van der Waals surface area contributed by atoms with Crippen molar-refractivity contribution < 1.29 is 4.79 Å². The molecule has 6 heteroatoms. The van der Waals surface area contributed by atoms with Gasteiger partial charge in [0.05, 0.1) is 28.4 Å². The van der Waals surface area contributed by atoms with Crippen molar-refractivity contribution in [1.82, 2.24) is 7.45 Å². The molecule has 1 N–H and O–H groups in total. The van der Waals surface area contributed by atoms with E-state index >= 15 is 0 Å². The average molecular weight is 460 g/mol. The average Bonchev–Trinajstić information content (AvgIpc) is 3.11. The van der Waals surface area contributed by atoms with Crippen LogP contribution in [0.3, 0.4) is 0 Å². The summed E-state index contributed by atoms with van der Waals surface area (Å²) >= 11 is 1.88. The SMILES string of the molecule is CC(C)(C)c1cccc(NC(=O)c2cc(C3=CC=[N+]=C3)cn(I)c2=O)c1. The van der Waals surface area contributed by atoms with E-state index in [1.165, 1.54) is 2.78 Å². The molecule has 0 bridgehead atoms. The smallest absolute Gasteiger partial charge is 0.300 e. The third-order valence-electron chi connectivity index (χ3n) is 4.09. The number of carbonyl (C=O) groups excluding carboxylic acids is 1. The fourth-order valence-electron chi connectivity index (χ4n) is 2.59. The van der Waals surface area contributed by atoms with E-state index in [1.54, 1.807) is 24.7 Å². The van der Waals surface area contributed by atoms with Crippen LogP contribution in [0.25, 0.3) is 5.57 Å². The van der Waals surface area contributed by atoms with Gasteiger partial charge in [-0.2, -0.15) is 0 Å². The number of nitrogens with one attached hydrogen (secondary N) is 1. The molecule has 0 saturated carbocycles. The van der Waals surface area contributed by atoms with Gasteiger partial charge in [-0.05, 0) is 29.2 Å². The largest absolute Gasteiger partial charge is 0.322 e. The van der Waals surface area contributed by atoms with Crippen molar-refractivity contribution in [3.8, 4) is 0 Å². The van der Waals surface area contributed by atoms with Gasteiger partial charge in [-0.15, -0.1) is 4.67 Å². The Hall–Kier alpha value is -2.44. The summed E-state index contributed by atoms with van der Waals surface area (Å²) in [5, 5.41) is 2.84. The summed E-state index contributed by atoms with van der Waals surface area (Å²) in [4.78, 5) is 25.2. The first-order valence-corrected chi connectivity index (χ1v) is 9.14. The van der Waals surface area contributed by atoms with Gasteiger partial charge in [-0.25, -0.2) is 0 Å². The highest BCUT2D eigenvalue weighted by Gasteiger charge is 2.19. The molecule has 3 rings (SSSR count). The van der Waals surface area contributed by atoms with Crippen molar-refractivity contribution in [3.63, 3.8) is 0 Å². The van der Waals surface area contributed by atoms with Crippen LogP contribution in [-0.4, -0.2) is 21.1 Å². The number of carbonyl (C=O) groups is 1. The Balaban J connectivity index is 1.93. The second kappa shape index (κ2) is 7.05. The lowest BCUT2D eigenvalue weighted by Crippen LogP contribution is -2.26. The van der Waals surface area contributed by atoms with Crippen molar-refractivity contribution in [2.45, 2.75) is 26.2 Å². The fourth-order valence-corrected chi connectivity index (χ4v) is 3.15. The Morgan fingerprint density at radius 3 is 2.65 bits per heavy atom. The molecule has 1 amide bonds. The molecule has 0 aliphatic carbocycles. The van der Waals surface area contributed by atoms with E-state index in [2.05, 4.69) is 30.8 Å². The number of rotatable bonds is 3. The maximum atomic E-state index is 12.7. The van der Waals surface area contributed by atoms with E-state index in [0.29, 0.717) is 5.69 Å². The van der Waals surface area contributed by atoms with Crippen LogP contribution in [0.15, 0.2) is 47.4 Å². The van der Waals surface area contributed by atoms with Gasteiger partial charge in [0.1, 0.15) is 5.56 Å². The predicted octanol–water partition coefficient (Wildman–Crippen LogP) is 3.20. The number of allylic oxidation sites excluding steroid dienone is 2. The third kappa shape index (κ3) is 3.86. The summed E-state index contributed by atoms with van der Waals surface area (Å²) in [6.07, 6.45) is 6.91. The van der Waals surface area contributed by atoms with Crippen LogP contribution >= 0.6 is 22.9 Å². The van der Waals surface area contributed by atoms with Gasteiger partial charge in [-0.3, -0.25) is 12.4 Å². The summed E-state index contributed by atoms with van der Waals surface area (Å²) in [6.45, 7) is 6.33. The molecule has 1 aromatic carbocycles. The highest BCUT2D eigenvalue weighted by molar-refractivity contribution is 14.1. The quantitative estimate of drug-likeness (QED) is 0.565. The Morgan fingerprint density at radius 1 is 1.23 bits per heavy atom. The maximum absolute atomic E-state index is 12.7. The Kier molecular flexibility index (Phi) is 4.98. The van der Waals surface area contributed by atoms with Crippen molar-refractivity contribution in [3.05, 3.63) is 69.6 Å². The van der Waals surface area contributed by atoms with Crippen molar-refractivity contribution in [1.29, 1.82) is 0 Å². The number of anilines is 1. The molecule has 0 fully saturated rings. The minimum Gasteiger partial charge on any atom is -0.322 e. The Labute approximate surface area is 165 Å². The van der Waals surface area contributed by atoms with Crippen LogP contribution in [0.4, 0.5) is 5.69 Å². The highest BCUT2D eigenvalue weighted by Crippen LogP contribution is 2.25. The zero-order valence-electron chi connectivity index (χ0n) is 14.8. The van der Waals surface area contributed by atoms with Gasteiger partial charge in [-0.1, -0.05) is 32.9 Å². The molecule has 26 heavy (non-hydrogen) atoms. The van der Waals surface area contributed by atoms with Gasteiger partial charge in [0.15, 0.2) is 0 Å². The summed E-state index contributed by atoms with van der Waals surface area (Å²) in [7, 11) is 0. The number of pyridine rings is 1. The zero-order chi connectivity index (χ0) is 18.9. The second-order valence-electron chi connectivity index (χ2n) is 7.09. The third-order valence-corrected chi connectivity index (χ3v) is 4.81. The van der Waals surface area contributed by atoms with E-state index in [0.717, 1.165) is 16.7 Å². The molecular formula is C20H19IN3O2+. The summed E-state index contributed by atoms with van der Waals surface area (Å²) in [5.41, 5.74) is 3.13. The van der Waals surface area contributed by atoms with Crippen LogP contribution in [0.5, 0.6) is 0 Å². The second-order valence-corrected chi connectivity index (χ2v) is 8.13. The standard InChI is InChI=1S/C20H18IN3O2/c1-20(2,3)15-5-4-6-16(10-15)23-18(25)17-9-14(12-24(21)19(17)26)13-7-8-22-11-13/h4-12H,1-3H3/p+1. The van der Waals surface area contributed by atoms with E-state index in [-0.39, 0.29) is 16.5 Å². The number of amides is 1.